The van der Waals surface area contributed by atoms with Crippen molar-refractivity contribution in [2.24, 2.45) is 22.2 Å². The zero-order valence-corrected chi connectivity index (χ0v) is 19.6. The van der Waals surface area contributed by atoms with Crippen molar-refractivity contribution in [2.75, 3.05) is 0 Å². The molecule has 0 radical (unpaired) electrons. The van der Waals surface area contributed by atoms with Gasteiger partial charge in [0.2, 0.25) is 0 Å². The van der Waals surface area contributed by atoms with Gasteiger partial charge in [-0.1, -0.05) is 32.4 Å². The average Bonchev–Trinajstić information content (AvgIpc) is 3.19. The highest BCUT2D eigenvalue weighted by Crippen LogP contribution is 2.70. The molecule has 5 heteroatoms. The third kappa shape index (κ3) is 2.57. The van der Waals surface area contributed by atoms with Gasteiger partial charge in [0.25, 0.3) is 0 Å². The summed E-state index contributed by atoms with van der Waals surface area (Å²) in [4.78, 5) is 39.2. The predicted octanol–water partition coefficient (Wildman–Crippen LogP) is 4.39. The topological polar surface area (TPSA) is 80.7 Å². The fourth-order valence-corrected chi connectivity index (χ4v) is 7.46. The summed E-state index contributed by atoms with van der Waals surface area (Å²) in [5, 5.41) is 11.6. The number of ether oxygens (including phenoxy) is 1. The van der Waals surface area contributed by atoms with Gasteiger partial charge in [0.1, 0.15) is 11.7 Å². The van der Waals surface area contributed by atoms with Crippen molar-refractivity contribution in [3.8, 4) is 0 Å². The minimum absolute atomic E-state index is 0.000487. The van der Waals surface area contributed by atoms with Gasteiger partial charge in [-0.25, -0.2) is 0 Å². The van der Waals surface area contributed by atoms with Gasteiger partial charge in [-0.2, -0.15) is 0 Å². The Morgan fingerprint density at radius 3 is 2.66 bits per heavy atom. The van der Waals surface area contributed by atoms with E-state index in [1.807, 2.05) is 13.8 Å². The number of carbonyl (C=O) groups is 3. The zero-order chi connectivity index (χ0) is 23.1. The highest BCUT2D eigenvalue weighted by molar-refractivity contribution is 5.96. The Bertz CT molecular complexity index is 1020. The third-order valence-electron chi connectivity index (χ3n) is 9.57. The van der Waals surface area contributed by atoms with Crippen molar-refractivity contribution >= 4 is 17.5 Å². The number of fused-ring (bicyclic) bond motifs is 3. The molecule has 0 aromatic rings. The van der Waals surface area contributed by atoms with E-state index in [9.17, 15) is 19.5 Å². The Labute approximate surface area is 190 Å². The van der Waals surface area contributed by atoms with E-state index in [1.54, 1.807) is 6.08 Å². The maximum Gasteiger partial charge on any atom is 0.316 e. The highest BCUT2D eigenvalue weighted by Gasteiger charge is 2.66. The minimum Gasteiger partial charge on any atom is -0.462 e. The summed E-state index contributed by atoms with van der Waals surface area (Å²) in [6, 6.07) is 0. The second-order valence-electron chi connectivity index (χ2n) is 11.1. The van der Waals surface area contributed by atoms with Crippen LogP contribution in [0.25, 0.3) is 0 Å². The molecule has 0 heterocycles. The number of hydrogen-bond donors (Lipinski definition) is 1. The van der Waals surface area contributed by atoms with Crippen LogP contribution in [0.1, 0.15) is 79.1 Å². The maximum absolute atomic E-state index is 13.5. The van der Waals surface area contributed by atoms with Crippen molar-refractivity contribution in [3.05, 3.63) is 34.4 Å². The van der Waals surface area contributed by atoms with Crippen LogP contribution in [-0.2, 0) is 19.1 Å². The molecule has 0 aromatic heterocycles. The average molecular weight is 439 g/mol. The Balaban J connectivity index is 1.72. The number of esters is 1. The number of aliphatic hydroxyl groups is 1. The lowest BCUT2D eigenvalue weighted by atomic mass is 9.50. The number of carbonyl (C=O) groups excluding carboxylic acids is 3. The first kappa shape index (κ1) is 21.8. The third-order valence-corrected chi connectivity index (χ3v) is 9.57. The number of rotatable bonds is 3. The quantitative estimate of drug-likeness (QED) is 0.661. The molecule has 32 heavy (non-hydrogen) atoms. The van der Waals surface area contributed by atoms with Crippen LogP contribution in [0.5, 0.6) is 0 Å². The van der Waals surface area contributed by atoms with Crippen LogP contribution in [0.15, 0.2) is 34.4 Å². The number of Topliss-reactive ketones (excluding diaryl/α,β-unsaturated/α-hetero) is 1. The second-order valence-corrected chi connectivity index (χ2v) is 11.1. The molecule has 1 fully saturated rings. The van der Waals surface area contributed by atoms with E-state index in [2.05, 4.69) is 19.9 Å². The largest absolute Gasteiger partial charge is 0.462 e. The van der Waals surface area contributed by atoms with E-state index >= 15 is 0 Å². The number of hydrogen-bond acceptors (Lipinski definition) is 5. The van der Waals surface area contributed by atoms with Crippen LogP contribution < -0.4 is 0 Å². The van der Waals surface area contributed by atoms with Gasteiger partial charge in [-0.3, -0.25) is 14.4 Å². The SMILES string of the molecule is CCC(C)OC(=O)[C@H]1C2=C(CCC34C(=O)CC[C@]3(C)CC=C24)C2(C)CCC(=O)C=C2[C@@H]1O. The predicted molar refractivity (Wildman–Crippen MR) is 120 cm³/mol. The van der Waals surface area contributed by atoms with Crippen molar-refractivity contribution < 1.29 is 24.2 Å². The van der Waals surface area contributed by atoms with Crippen LogP contribution in [0.2, 0.25) is 0 Å². The molecule has 6 atom stereocenters. The monoisotopic (exact) mass is 438 g/mol. The molecule has 1 saturated carbocycles. The van der Waals surface area contributed by atoms with Gasteiger partial charge >= 0.3 is 5.97 Å². The van der Waals surface area contributed by atoms with Gasteiger partial charge in [-0.05, 0) is 73.7 Å². The summed E-state index contributed by atoms with van der Waals surface area (Å²) in [5.74, 6) is -1.05. The molecule has 1 spiro atoms. The van der Waals surface area contributed by atoms with Crippen LogP contribution >= 0.6 is 0 Å². The molecule has 0 aromatic carbocycles. The molecule has 0 aliphatic heterocycles. The smallest absolute Gasteiger partial charge is 0.316 e. The molecule has 5 aliphatic rings. The van der Waals surface area contributed by atoms with E-state index in [1.165, 1.54) is 0 Å². The Hall–Kier alpha value is -2.01. The lowest BCUT2D eigenvalue weighted by Crippen LogP contribution is -2.51. The Morgan fingerprint density at radius 1 is 1.19 bits per heavy atom. The highest BCUT2D eigenvalue weighted by atomic mass is 16.5. The van der Waals surface area contributed by atoms with Crippen LogP contribution in [0, 0.1) is 22.2 Å². The van der Waals surface area contributed by atoms with Gasteiger partial charge in [0.05, 0.1) is 17.6 Å². The molecule has 172 valence electrons. The van der Waals surface area contributed by atoms with Gasteiger partial charge in [0.15, 0.2) is 5.78 Å². The first-order chi connectivity index (χ1) is 15.1. The molecule has 1 N–H and O–H groups in total. The minimum atomic E-state index is -1.11. The first-order valence-electron chi connectivity index (χ1n) is 12.2. The number of aliphatic hydroxyl groups excluding tert-OH is 1. The first-order valence-corrected chi connectivity index (χ1v) is 12.2. The van der Waals surface area contributed by atoms with E-state index in [0.29, 0.717) is 31.3 Å². The van der Waals surface area contributed by atoms with Crippen molar-refractivity contribution in [1.82, 2.24) is 0 Å². The lowest BCUT2D eigenvalue weighted by molar-refractivity contribution is -0.155. The molecule has 3 unspecified atom stereocenters. The summed E-state index contributed by atoms with van der Waals surface area (Å²) < 4.78 is 5.75. The summed E-state index contributed by atoms with van der Waals surface area (Å²) in [6.07, 6.45) is 7.87. The van der Waals surface area contributed by atoms with Crippen molar-refractivity contribution in [2.45, 2.75) is 91.3 Å². The summed E-state index contributed by atoms with van der Waals surface area (Å²) >= 11 is 0. The maximum atomic E-state index is 13.5. The molecule has 0 saturated heterocycles. The van der Waals surface area contributed by atoms with Gasteiger partial charge in [-0.15, -0.1) is 0 Å². The standard InChI is InChI=1S/C27H34O5/c1-5-15(2)32-24(31)22-21-17(26(4)12-6-16(28)14-19(26)23(22)30)8-13-27-18(21)7-10-25(27,3)11-9-20(27)29/h7,14-15,22-23,30H,5-6,8-13H2,1-4H3/t15?,22-,23-,25-,26?,27?/m0/s1. The second kappa shape index (κ2) is 6.99. The molecule has 5 rings (SSSR count). The number of allylic oxidation sites excluding steroid dienone is 4. The molecule has 5 nitrogen and oxygen atoms in total. The number of ketones is 2. The Morgan fingerprint density at radius 2 is 1.94 bits per heavy atom. The Kier molecular flexibility index (Phi) is 4.77. The van der Waals surface area contributed by atoms with E-state index < -0.39 is 28.8 Å². The van der Waals surface area contributed by atoms with E-state index in [-0.39, 0.29) is 23.1 Å². The van der Waals surface area contributed by atoms with E-state index in [4.69, 9.17) is 4.74 Å². The summed E-state index contributed by atoms with van der Waals surface area (Å²) in [6.45, 7) is 8.12. The van der Waals surface area contributed by atoms with Crippen molar-refractivity contribution in [3.63, 3.8) is 0 Å². The molecule has 0 amide bonds. The molecular formula is C27H34O5. The zero-order valence-electron chi connectivity index (χ0n) is 19.6. The van der Waals surface area contributed by atoms with Crippen LogP contribution in [-0.4, -0.2) is 34.9 Å². The molecule has 0 bridgehead atoms. The summed E-state index contributed by atoms with van der Waals surface area (Å²) in [5.41, 5.74) is 2.48. The van der Waals surface area contributed by atoms with Crippen LogP contribution in [0.4, 0.5) is 0 Å². The van der Waals surface area contributed by atoms with Crippen LogP contribution in [0.3, 0.4) is 0 Å². The lowest BCUT2D eigenvalue weighted by Gasteiger charge is -2.53. The van der Waals surface area contributed by atoms with Gasteiger partial charge in [0, 0.05) is 18.3 Å². The van der Waals surface area contributed by atoms with E-state index in [0.717, 1.165) is 42.4 Å². The fourth-order valence-electron chi connectivity index (χ4n) is 7.46. The van der Waals surface area contributed by atoms with Crippen molar-refractivity contribution in [1.29, 1.82) is 0 Å². The normalized spacial score (nSPS) is 41.3. The molecular weight excluding hydrogens is 404 g/mol. The fraction of sp³-hybridized carbons (Fsp3) is 0.667. The van der Waals surface area contributed by atoms with Gasteiger partial charge < -0.3 is 9.84 Å². The summed E-state index contributed by atoms with van der Waals surface area (Å²) in [7, 11) is 0. The molecule has 5 aliphatic carbocycles.